The van der Waals surface area contributed by atoms with Crippen LogP contribution in [0.3, 0.4) is 0 Å². The summed E-state index contributed by atoms with van der Waals surface area (Å²) in [5.41, 5.74) is 0. The maximum absolute atomic E-state index is 12.1. The van der Waals surface area contributed by atoms with E-state index in [0.717, 1.165) is 19.3 Å². The Kier molecular flexibility index (Phi) is 7.76. The third-order valence-corrected chi connectivity index (χ3v) is 2.70. The summed E-state index contributed by atoms with van der Waals surface area (Å²) in [6.45, 7) is 4.05. The molecule has 1 N–H and O–H groups in total. The normalized spacial score (nSPS) is 14.4. The maximum atomic E-state index is 12.1. The van der Waals surface area contributed by atoms with E-state index in [0.29, 0.717) is 19.1 Å². The van der Waals surface area contributed by atoms with Crippen molar-refractivity contribution >= 4 is 0 Å². The summed E-state index contributed by atoms with van der Waals surface area (Å²) in [5, 5.41) is 3.11. The molecule has 1 atom stereocenters. The van der Waals surface area contributed by atoms with Gasteiger partial charge in [0.15, 0.2) is 0 Å². The molecule has 0 rings (SSSR count). The predicted octanol–water partition coefficient (Wildman–Crippen LogP) is 2.65. The molecule has 5 heteroatoms. The van der Waals surface area contributed by atoms with Crippen molar-refractivity contribution in [2.45, 2.75) is 45.3 Å². The van der Waals surface area contributed by atoms with Gasteiger partial charge >= 0.3 is 6.18 Å². The molecule has 16 heavy (non-hydrogen) atoms. The van der Waals surface area contributed by atoms with E-state index in [9.17, 15) is 13.2 Å². The lowest BCUT2D eigenvalue weighted by atomic mass is 10.1. The van der Waals surface area contributed by atoms with E-state index < -0.39 is 12.7 Å². The summed E-state index contributed by atoms with van der Waals surface area (Å²) < 4.78 is 36.4. The van der Waals surface area contributed by atoms with Gasteiger partial charge in [0.05, 0.1) is 6.54 Å². The fourth-order valence-corrected chi connectivity index (χ4v) is 1.53. The van der Waals surface area contributed by atoms with E-state index in [2.05, 4.69) is 12.2 Å². The summed E-state index contributed by atoms with van der Waals surface area (Å²) in [4.78, 5) is 1.45. The molecule has 0 aliphatic carbocycles. The number of rotatable bonds is 8. The second-order valence-corrected chi connectivity index (χ2v) is 4.17. The van der Waals surface area contributed by atoms with Crippen LogP contribution >= 0.6 is 0 Å². The van der Waals surface area contributed by atoms with Gasteiger partial charge in [0.2, 0.25) is 0 Å². The van der Waals surface area contributed by atoms with Crippen LogP contribution in [0.4, 0.5) is 13.2 Å². The molecule has 0 saturated carbocycles. The SMILES string of the molecule is CCN(CCCCC(C)NC)CC(F)(F)F. The van der Waals surface area contributed by atoms with Gasteiger partial charge in [-0.1, -0.05) is 13.3 Å². The first-order chi connectivity index (χ1) is 7.39. The quantitative estimate of drug-likeness (QED) is 0.656. The van der Waals surface area contributed by atoms with Crippen LogP contribution in [0.2, 0.25) is 0 Å². The number of halogens is 3. The van der Waals surface area contributed by atoms with Gasteiger partial charge in [-0.05, 0) is 39.9 Å². The Morgan fingerprint density at radius 2 is 1.88 bits per heavy atom. The Morgan fingerprint density at radius 1 is 1.25 bits per heavy atom. The number of alkyl halides is 3. The van der Waals surface area contributed by atoms with Crippen molar-refractivity contribution in [1.29, 1.82) is 0 Å². The van der Waals surface area contributed by atoms with Gasteiger partial charge in [0.1, 0.15) is 0 Å². The first-order valence-corrected chi connectivity index (χ1v) is 5.85. The van der Waals surface area contributed by atoms with E-state index in [1.165, 1.54) is 4.90 Å². The Labute approximate surface area is 96.2 Å². The first kappa shape index (κ1) is 15.7. The minimum absolute atomic E-state index is 0.442. The summed E-state index contributed by atoms with van der Waals surface area (Å²) in [6, 6.07) is 0.442. The van der Waals surface area contributed by atoms with Gasteiger partial charge < -0.3 is 5.32 Å². The molecule has 0 aromatic rings. The van der Waals surface area contributed by atoms with Crippen molar-refractivity contribution in [3.63, 3.8) is 0 Å². The highest BCUT2D eigenvalue weighted by Gasteiger charge is 2.29. The van der Waals surface area contributed by atoms with Crippen LogP contribution in [0.15, 0.2) is 0 Å². The lowest BCUT2D eigenvalue weighted by Gasteiger charge is -2.22. The smallest absolute Gasteiger partial charge is 0.317 e. The molecule has 0 aliphatic heterocycles. The average Bonchev–Trinajstić information content (AvgIpc) is 2.20. The molecule has 0 heterocycles. The minimum Gasteiger partial charge on any atom is -0.317 e. The molecular formula is C11H23F3N2. The van der Waals surface area contributed by atoms with Gasteiger partial charge in [0.25, 0.3) is 0 Å². The van der Waals surface area contributed by atoms with Crippen LogP contribution in [0, 0.1) is 0 Å². The molecule has 98 valence electrons. The molecule has 0 aliphatic rings. The lowest BCUT2D eigenvalue weighted by molar-refractivity contribution is -0.145. The van der Waals surface area contributed by atoms with Gasteiger partial charge in [-0.25, -0.2) is 0 Å². The van der Waals surface area contributed by atoms with Crippen molar-refractivity contribution in [3.8, 4) is 0 Å². The zero-order valence-corrected chi connectivity index (χ0v) is 10.4. The van der Waals surface area contributed by atoms with Gasteiger partial charge in [-0.2, -0.15) is 13.2 Å². The van der Waals surface area contributed by atoms with Crippen LogP contribution in [0.5, 0.6) is 0 Å². The number of hydrogen-bond acceptors (Lipinski definition) is 2. The van der Waals surface area contributed by atoms with E-state index in [-0.39, 0.29) is 0 Å². The number of hydrogen-bond donors (Lipinski definition) is 1. The van der Waals surface area contributed by atoms with Crippen LogP contribution in [0.1, 0.15) is 33.1 Å². The molecule has 0 fully saturated rings. The molecule has 0 aromatic carbocycles. The van der Waals surface area contributed by atoms with Crippen molar-refractivity contribution in [1.82, 2.24) is 10.2 Å². The molecule has 1 unspecified atom stereocenters. The lowest BCUT2D eigenvalue weighted by Crippen LogP contribution is -2.34. The fourth-order valence-electron chi connectivity index (χ4n) is 1.53. The van der Waals surface area contributed by atoms with E-state index in [1.807, 2.05) is 7.05 Å². The Morgan fingerprint density at radius 3 is 2.31 bits per heavy atom. The van der Waals surface area contributed by atoms with Crippen molar-refractivity contribution in [2.24, 2.45) is 0 Å². The minimum atomic E-state index is -4.08. The highest BCUT2D eigenvalue weighted by Crippen LogP contribution is 2.16. The van der Waals surface area contributed by atoms with E-state index in [1.54, 1.807) is 6.92 Å². The molecule has 0 amide bonds. The fraction of sp³-hybridized carbons (Fsp3) is 1.00. The summed E-state index contributed by atoms with van der Waals surface area (Å²) >= 11 is 0. The Hall–Kier alpha value is -0.290. The summed E-state index contributed by atoms with van der Waals surface area (Å²) in [7, 11) is 1.90. The maximum Gasteiger partial charge on any atom is 0.401 e. The number of unbranched alkanes of at least 4 members (excludes halogenated alkanes) is 1. The molecule has 2 nitrogen and oxygen atoms in total. The largest absolute Gasteiger partial charge is 0.401 e. The van der Waals surface area contributed by atoms with Gasteiger partial charge in [0, 0.05) is 6.04 Å². The Balaban J connectivity index is 3.64. The zero-order chi connectivity index (χ0) is 12.6. The van der Waals surface area contributed by atoms with Crippen molar-refractivity contribution in [2.75, 3.05) is 26.7 Å². The van der Waals surface area contributed by atoms with Crippen LogP contribution in [-0.4, -0.2) is 43.8 Å². The average molecular weight is 240 g/mol. The van der Waals surface area contributed by atoms with Gasteiger partial charge in [-0.15, -0.1) is 0 Å². The van der Waals surface area contributed by atoms with Crippen molar-refractivity contribution < 1.29 is 13.2 Å². The highest BCUT2D eigenvalue weighted by atomic mass is 19.4. The zero-order valence-electron chi connectivity index (χ0n) is 10.4. The molecule has 0 bridgehead atoms. The van der Waals surface area contributed by atoms with E-state index in [4.69, 9.17) is 0 Å². The van der Waals surface area contributed by atoms with E-state index >= 15 is 0 Å². The third-order valence-electron chi connectivity index (χ3n) is 2.70. The highest BCUT2D eigenvalue weighted by molar-refractivity contribution is 4.63. The Bertz CT molecular complexity index is 171. The van der Waals surface area contributed by atoms with Gasteiger partial charge in [-0.3, -0.25) is 4.90 Å². The van der Waals surface area contributed by atoms with Crippen LogP contribution in [0.25, 0.3) is 0 Å². The molecule has 0 radical (unpaired) electrons. The molecule has 0 spiro atoms. The molecular weight excluding hydrogens is 217 g/mol. The summed E-state index contributed by atoms with van der Waals surface area (Å²) in [6.07, 6.45) is -1.26. The van der Waals surface area contributed by atoms with Crippen molar-refractivity contribution in [3.05, 3.63) is 0 Å². The first-order valence-electron chi connectivity index (χ1n) is 5.85. The topological polar surface area (TPSA) is 15.3 Å². The number of nitrogens with one attached hydrogen (secondary N) is 1. The molecule has 0 saturated heterocycles. The third kappa shape index (κ3) is 8.97. The standard InChI is InChI=1S/C11H23F3N2/c1-4-16(9-11(12,13)14)8-6-5-7-10(2)15-3/h10,15H,4-9H2,1-3H3. The second kappa shape index (κ2) is 7.90. The summed E-state index contributed by atoms with van der Waals surface area (Å²) in [5.74, 6) is 0. The van der Waals surface area contributed by atoms with Crippen LogP contribution in [-0.2, 0) is 0 Å². The number of nitrogens with zero attached hydrogens (tertiary/aromatic N) is 1. The van der Waals surface area contributed by atoms with Crippen LogP contribution < -0.4 is 5.32 Å². The predicted molar refractivity (Wildman–Crippen MR) is 60.5 cm³/mol. The molecule has 0 aromatic heterocycles. The monoisotopic (exact) mass is 240 g/mol. The second-order valence-electron chi connectivity index (χ2n) is 4.17.